The smallest absolute Gasteiger partial charge is 0.161 e. The lowest BCUT2D eigenvalue weighted by Gasteiger charge is -2.39. The minimum absolute atomic E-state index is 0.0858. The van der Waals surface area contributed by atoms with Crippen LogP contribution in [0.15, 0.2) is 42.5 Å². The Morgan fingerprint density at radius 2 is 1.96 bits per heavy atom. The molecule has 0 radical (unpaired) electrons. The first-order valence-corrected chi connectivity index (χ1v) is 9.69. The second-order valence-electron chi connectivity index (χ2n) is 7.45. The van der Waals surface area contributed by atoms with Gasteiger partial charge in [-0.05, 0) is 35.9 Å². The van der Waals surface area contributed by atoms with Gasteiger partial charge in [-0.1, -0.05) is 23.7 Å². The summed E-state index contributed by atoms with van der Waals surface area (Å²) in [6, 6.07) is 12.6. The lowest BCUT2D eigenvalue weighted by molar-refractivity contribution is -0.00210. The molecule has 1 atom stereocenters. The van der Waals surface area contributed by atoms with Gasteiger partial charge < -0.3 is 24.6 Å². The fraction of sp³-hybridized carbons (Fsp3) is 0.429. The van der Waals surface area contributed by atoms with Gasteiger partial charge in [-0.3, -0.25) is 0 Å². The number of aliphatic hydroxyl groups excluding tert-OH is 1. The molecule has 2 N–H and O–H groups in total. The first kappa shape index (κ1) is 18.4. The molecule has 2 aromatic rings. The second-order valence-corrected chi connectivity index (χ2v) is 7.88. The zero-order valence-electron chi connectivity index (χ0n) is 15.1. The van der Waals surface area contributed by atoms with Gasteiger partial charge in [-0.15, -0.1) is 0 Å². The van der Waals surface area contributed by atoms with Crippen molar-refractivity contribution in [2.75, 3.05) is 26.2 Å². The van der Waals surface area contributed by atoms with Crippen LogP contribution in [0.1, 0.15) is 18.4 Å². The van der Waals surface area contributed by atoms with Crippen molar-refractivity contribution < 1.29 is 19.7 Å². The summed E-state index contributed by atoms with van der Waals surface area (Å²) in [6.07, 6.45) is 2.13. The fourth-order valence-corrected chi connectivity index (χ4v) is 4.13. The maximum absolute atomic E-state index is 10.3. The van der Waals surface area contributed by atoms with Crippen molar-refractivity contribution >= 4 is 11.6 Å². The summed E-state index contributed by atoms with van der Waals surface area (Å²) >= 11 is 6.10. The summed E-state index contributed by atoms with van der Waals surface area (Å²) in [5.41, 5.74) is 1.05. The van der Waals surface area contributed by atoms with Crippen molar-refractivity contribution in [1.29, 1.82) is 0 Å². The number of halogens is 1. The molecule has 0 saturated carbocycles. The number of piperidine rings is 1. The zero-order valence-corrected chi connectivity index (χ0v) is 15.9. The molecule has 6 heteroatoms. The van der Waals surface area contributed by atoms with Crippen LogP contribution in [-0.4, -0.2) is 53.1 Å². The average molecular weight is 390 g/mol. The van der Waals surface area contributed by atoms with E-state index in [4.69, 9.17) is 21.1 Å². The highest BCUT2D eigenvalue weighted by molar-refractivity contribution is 6.30. The lowest BCUT2D eigenvalue weighted by atomic mass is 9.87. The predicted molar refractivity (Wildman–Crippen MR) is 104 cm³/mol. The van der Waals surface area contributed by atoms with Crippen LogP contribution in [0.2, 0.25) is 5.02 Å². The minimum Gasteiger partial charge on any atom is -0.504 e. The molecule has 2 aliphatic heterocycles. The number of fused-ring (bicyclic) bond motifs is 1. The predicted octanol–water partition coefficient (Wildman–Crippen LogP) is 3.26. The number of rotatable bonds is 5. The molecule has 0 unspecified atom stereocenters. The number of β-amino-alcohol motifs (C(OH)–C–C–N with tert-alkyl or cyclic N) is 1. The Balaban J connectivity index is 1.26. The van der Waals surface area contributed by atoms with Crippen LogP contribution in [0, 0.1) is 0 Å². The number of aliphatic hydroxyl groups is 1. The molecule has 27 heavy (non-hydrogen) atoms. The normalized spacial score (nSPS) is 19.5. The second kappa shape index (κ2) is 7.58. The summed E-state index contributed by atoms with van der Waals surface area (Å²) in [7, 11) is 0. The number of likely N-dealkylation sites (tertiary alicyclic amines) is 1. The largest absolute Gasteiger partial charge is 0.504 e. The third kappa shape index (κ3) is 4.15. The van der Waals surface area contributed by atoms with Crippen molar-refractivity contribution in [3.8, 4) is 17.2 Å². The standard InChI is InChI=1S/C21H24ClNO4/c22-16-5-6-19-15(11-16)12-21(27-19)7-9-23(10-8-21)13-17(24)14-26-20-4-2-1-3-18(20)25/h1-6,11,17,24-25H,7-10,12-14H2/t17-/m1/s1. The number of para-hydroxylation sites is 2. The van der Waals surface area contributed by atoms with Gasteiger partial charge in [-0.25, -0.2) is 0 Å². The maximum atomic E-state index is 10.3. The van der Waals surface area contributed by atoms with E-state index in [-0.39, 0.29) is 18.0 Å². The summed E-state index contributed by atoms with van der Waals surface area (Å²) in [5.74, 6) is 1.43. The van der Waals surface area contributed by atoms with Crippen molar-refractivity contribution in [2.24, 2.45) is 0 Å². The topological polar surface area (TPSA) is 62.2 Å². The third-order valence-electron chi connectivity index (χ3n) is 5.39. The Kier molecular flexibility index (Phi) is 5.17. The van der Waals surface area contributed by atoms with Crippen LogP contribution in [0.3, 0.4) is 0 Å². The third-order valence-corrected chi connectivity index (χ3v) is 5.63. The SMILES string of the molecule is Oc1ccccc1OC[C@H](O)CN1CCC2(CC1)Cc1cc(Cl)ccc1O2. The van der Waals surface area contributed by atoms with Crippen molar-refractivity contribution in [1.82, 2.24) is 4.90 Å². The first-order chi connectivity index (χ1) is 13.0. The summed E-state index contributed by atoms with van der Waals surface area (Å²) in [4.78, 5) is 2.24. The summed E-state index contributed by atoms with van der Waals surface area (Å²) in [5, 5.41) is 20.8. The zero-order chi connectivity index (χ0) is 18.9. The summed E-state index contributed by atoms with van der Waals surface area (Å²) in [6.45, 7) is 2.44. The van der Waals surface area contributed by atoms with Crippen LogP contribution in [-0.2, 0) is 6.42 Å². The highest BCUT2D eigenvalue weighted by Gasteiger charge is 2.42. The molecule has 0 bridgehead atoms. The van der Waals surface area contributed by atoms with Crippen LogP contribution in [0.5, 0.6) is 17.2 Å². The van der Waals surface area contributed by atoms with E-state index >= 15 is 0 Å². The number of hydrogen-bond donors (Lipinski definition) is 2. The van der Waals surface area contributed by atoms with E-state index in [9.17, 15) is 10.2 Å². The quantitative estimate of drug-likeness (QED) is 0.821. The monoisotopic (exact) mass is 389 g/mol. The lowest BCUT2D eigenvalue weighted by Crippen LogP contribution is -2.49. The van der Waals surface area contributed by atoms with Crippen LogP contribution >= 0.6 is 11.6 Å². The van der Waals surface area contributed by atoms with E-state index < -0.39 is 6.10 Å². The van der Waals surface area contributed by atoms with Crippen LogP contribution in [0.25, 0.3) is 0 Å². The van der Waals surface area contributed by atoms with Gasteiger partial charge in [0, 0.05) is 43.9 Å². The molecule has 0 amide bonds. The van der Waals surface area contributed by atoms with Gasteiger partial charge in [0.05, 0.1) is 0 Å². The number of phenols is 1. The molecule has 1 fully saturated rings. The number of phenolic OH excluding ortho intramolecular Hbond substituents is 1. The molecule has 1 spiro atoms. The van der Waals surface area contributed by atoms with Crippen LogP contribution < -0.4 is 9.47 Å². The average Bonchev–Trinajstić information content (AvgIpc) is 3.00. The number of ether oxygens (including phenoxy) is 2. The van der Waals surface area contributed by atoms with Crippen molar-refractivity contribution in [2.45, 2.75) is 31.0 Å². The van der Waals surface area contributed by atoms with Crippen LogP contribution in [0.4, 0.5) is 0 Å². The molecular weight excluding hydrogens is 366 g/mol. The van der Waals surface area contributed by atoms with E-state index in [1.165, 1.54) is 5.56 Å². The Morgan fingerprint density at radius 3 is 2.74 bits per heavy atom. The Morgan fingerprint density at radius 1 is 1.19 bits per heavy atom. The minimum atomic E-state index is -0.612. The maximum Gasteiger partial charge on any atom is 0.161 e. The van der Waals surface area contributed by atoms with Gasteiger partial charge in [0.15, 0.2) is 11.5 Å². The highest BCUT2D eigenvalue weighted by Crippen LogP contribution is 2.41. The molecule has 2 heterocycles. The Bertz CT molecular complexity index is 805. The molecular formula is C21H24ClNO4. The van der Waals surface area contributed by atoms with Gasteiger partial charge in [0.2, 0.25) is 0 Å². The van der Waals surface area contributed by atoms with Gasteiger partial charge in [0.1, 0.15) is 24.1 Å². The number of aromatic hydroxyl groups is 1. The van der Waals surface area contributed by atoms with Crippen molar-refractivity contribution in [3.63, 3.8) is 0 Å². The van der Waals surface area contributed by atoms with Gasteiger partial charge >= 0.3 is 0 Å². The first-order valence-electron chi connectivity index (χ1n) is 9.32. The fourth-order valence-electron chi connectivity index (χ4n) is 3.94. The molecule has 144 valence electrons. The Labute approximate surface area is 164 Å². The molecule has 0 aliphatic carbocycles. The number of benzene rings is 2. The van der Waals surface area contributed by atoms with Gasteiger partial charge in [0.25, 0.3) is 0 Å². The molecule has 4 rings (SSSR count). The number of hydrogen-bond acceptors (Lipinski definition) is 5. The molecule has 5 nitrogen and oxygen atoms in total. The summed E-state index contributed by atoms with van der Waals surface area (Å²) < 4.78 is 11.8. The molecule has 1 saturated heterocycles. The van der Waals surface area contributed by atoms with E-state index in [0.29, 0.717) is 12.3 Å². The van der Waals surface area contributed by atoms with E-state index in [2.05, 4.69) is 4.90 Å². The number of nitrogens with zero attached hydrogens (tertiary/aromatic N) is 1. The van der Waals surface area contributed by atoms with E-state index in [1.54, 1.807) is 24.3 Å². The Hall–Kier alpha value is -1.95. The van der Waals surface area contributed by atoms with Crippen molar-refractivity contribution in [3.05, 3.63) is 53.1 Å². The molecule has 2 aliphatic rings. The van der Waals surface area contributed by atoms with E-state index in [1.807, 2.05) is 18.2 Å². The molecule has 0 aromatic heterocycles. The van der Waals surface area contributed by atoms with Gasteiger partial charge in [-0.2, -0.15) is 0 Å². The van der Waals surface area contributed by atoms with E-state index in [0.717, 1.165) is 43.1 Å². The molecule has 2 aromatic carbocycles. The highest BCUT2D eigenvalue weighted by atomic mass is 35.5.